The Bertz CT molecular complexity index is 514. The summed E-state index contributed by atoms with van der Waals surface area (Å²) >= 11 is 0. The summed E-state index contributed by atoms with van der Waals surface area (Å²) in [6.07, 6.45) is 2.67. The summed E-state index contributed by atoms with van der Waals surface area (Å²) in [5.74, 6) is -0.0151. The van der Waals surface area contributed by atoms with Gasteiger partial charge in [0.2, 0.25) is 16.0 Å². The fourth-order valence-electron chi connectivity index (χ4n) is 1.22. The van der Waals surface area contributed by atoms with Crippen LogP contribution >= 0.6 is 0 Å². The molecular weight excluding hydrogens is 260 g/mol. The Hall–Kier alpha value is -1.94. The number of primary amides is 1. The summed E-state index contributed by atoms with van der Waals surface area (Å²) in [5, 5.41) is 9.95. The summed E-state index contributed by atoms with van der Waals surface area (Å²) in [7, 11) is -3.56. The molecule has 1 rings (SSSR count). The number of carbonyl (C=O) groups excluding carboxylic acids is 1. The van der Waals surface area contributed by atoms with Gasteiger partial charge in [0.25, 0.3) is 0 Å². The number of aromatic nitrogens is 2. The van der Waals surface area contributed by atoms with Crippen LogP contribution < -0.4 is 21.5 Å². The molecule has 0 aromatic carbocycles. The number of hydrogen-bond donors (Lipinski definition) is 4. The zero-order valence-electron chi connectivity index (χ0n) is 9.62. The molecule has 0 aliphatic carbocycles. The van der Waals surface area contributed by atoms with Gasteiger partial charge >= 0.3 is 6.03 Å². The molecular formula is C8H14N6O3S. The third kappa shape index (κ3) is 5.41. The summed E-state index contributed by atoms with van der Waals surface area (Å²) < 4.78 is 21.7. The number of sulfonamides is 1. The van der Waals surface area contributed by atoms with Crippen molar-refractivity contribution in [2.45, 2.75) is 13.0 Å². The molecule has 0 radical (unpaired) electrons. The van der Waals surface area contributed by atoms with Gasteiger partial charge in [0.15, 0.2) is 0 Å². The van der Waals surface area contributed by atoms with E-state index in [0.29, 0.717) is 5.69 Å². The summed E-state index contributed by atoms with van der Waals surface area (Å²) in [4.78, 5) is 18.3. The minimum absolute atomic E-state index is 0.223. The Labute approximate surface area is 104 Å². The van der Waals surface area contributed by atoms with Crippen LogP contribution in [0.15, 0.2) is 12.4 Å². The zero-order chi connectivity index (χ0) is 13.8. The van der Waals surface area contributed by atoms with Crippen LogP contribution in [0.2, 0.25) is 0 Å². The summed E-state index contributed by atoms with van der Waals surface area (Å²) in [5.41, 5.74) is 5.25. The first-order chi connectivity index (χ1) is 8.26. The predicted molar refractivity (Wildman–Crippen MR) is 66.3 cm³/mol. The molecule has 9 nitrogen and oxygen atoms in total. The Morgan fingerprint density at radius 2 is 2.00 bits per heavy atom. The second kappa shape index (κ2) is 5.60. The number of nitrogens with one attached hydrogen (secondary N) is 2. The van der Waals surface area contributed by atoms with E-state index in [1.165, 1.54) is 12.4 Å². The molecule has 0 fully saturated rings. The minimum Gasteiger partial charge on any atom is -0.351 e. The number of carbonyl (C=O) groups is 1. The van der Waals surface area contributed by atoms with E-state index in [1.54, 1.807) is 6.92 Å². The van der Waals surface area contributed by atoms with Gasteiger partial charge in [0, 0.05) is 6.04 Å². The number of anilines is 2. The van der Waals surface area contributed by atoms with Gasteiger partial charge in [0.05, 0.1) is 23.8 Å². The standard InChI is InChI=1S/C8H14N6O3S/c1-5(4-18(10,16)17)13-8-11-2-6(3-12-8)14-7(9)15/h2-3,5H,4H2,1H3,(H3,9,14,15)(H2,10,16,17)(H,11,12,13)/t5-/m1/s1. The number of urea groups is 1. The van der Waals surface area contributed by atoms with Crippen molar-refractivity contribution in [2.24, 2.45) is 10.9 Å². The van der Waals surface area contributed by atoms with Crippen LogP contribution in [-0.4, -0.2) is 36.2 Å². The average molecular weight is 274 g/mol. The first-order valence-corrected chi connectivity index (χ1v) is 6.63. The van der Waals surface area contributed by atoms with E-state index < -0.39 is 22.1 Å². The van der Waals surface area contributed by atoms with E-state index in [-0.39, 0.29) is 11.7 Å². The van der Waals surface area contributed by atoms with Crippen LogP contribution in [0.4, 0.5) is 16.4 Å². The van der Waals surface area contributed by atoms with Gasteiger partial charge in [-0.05, 0) is 6.92 Å². The van der Waals surface area contributed by atoms with Crippen molar-refractivity contribution in [1.29, 1.82) is 0 Å². The van der Waals surface area contributed by atoms with E-state index >= 15 is 0 Å². The zero-order valence-corrected chi connectivity index (χ0v) is 10.4. The highest BCUT2D eigenvalue weighted by molar-refractivity contribution is 7.89. The van der Waals surface area contributed by atoms with Gasteiger partial charge in [-0.15, -0.1) is 0 Å². The third-order valence-electron chi connectivity index (χ3n) is 1.78. The number of nitrogens with zero attached hydrogens (tertiary/aromatic N) is 2. The first-order valence-electron chi connectivity index (χ1n) is 4.92. The lowest BCUT2D eigenvalue weighted by molar-refractivity contribution is 0.259. The van der Waals surface area contributed by atoms with E-state index in [2.05, 4.69) is 20.6 Å². The number of amides is 2. The lowest BCUT2D eigenvalue weighted by Gasteiger charge is -2.12. The molecule has 0 saturated carbocycles. The van der Waals surface area contributed by atoms with E-state index in [4.69, 9.17) is 10.9 Å². The van der Waals surface area contributed by atoms with Crippen LogP contribution in [0.25, 0.3) is 0 Å². The Balaban J connectivity index is 2.61. The fraction of sp³-hybridized carbons (Fsp3) is 0.375. The number of hydrogen-bond acceptors (Lipinski definition) is 6. The Kier molecular flexibility index (Phi) is 4.39. The molecule has 0 unspecified atom stereocenters. The van der Waals surface area contributed by atoms with Gasteiger partial charge in [0.1, 0.15) is 0 Å². The molecule has 18 heavy (non-hydrogen) atoms. The molecule has 0 aliphatic rings. The van der Waals surface area contributed by atoms with Crippen molar-refractivity contribution in [3.05, 3.63) is 12.4 Å². The van der Waals surface area contributed by atoms with Gasteiger partial charge in [-0.1, -0.05) is 0 Å². The van der Waals surface area contributed by atoms with E-state index in [0.717, 1.165) is 0 Å². The molecule has 0 saturated heterocycles. The molecule has 6 N–H and O–H groups in total. The van der Waals surface area contributed by atoms with Crippen molar-refractivity contribution >= 4 is 27.7 Å². The molecule has 10 heteroatoms. The van der Waals surface area contributed by atoms with E-state index in [9.17, 15) is 13.2 Å². The second-order valence-electron chi connectivity index (χ2n) is 3.66. The highest BCUT2D eigenvalue weighted by atomic mass is 32.2. The second-order valence-corrected chi connectivity index (χ2v) is 5.32. The van der Waals surface area contributed by atoms with Gasteiger partial charge in [-0.3, -0.25) is 0 Å². The topological polar surface area (TPSA) is 153 Å². The average Bonchev–Trinajstić information content (AvgIpc) is 2.17. The predicted octanol–water partition coefficient (Wildman–Crippen LogP) is -0.944. The van der Waals surface area contributed by atoms with Crippen molar-refractivity contribution in [3.63, 3.8) is 0 Å². The summed E-state index contributed by atoms with van der Waals surface area (Å²) in [6.45, 7) is 1.63. The fourth-order valence-corrected chi connectivity index (χ4v) is 2.00. The van der Waals surface area contributed by atoms with E-state index in [1.807, 2.05) is 0 Å². The molecule has 100 valence electrons. The van der Waals surface area contributed by atoms with Crippen molar-refractivity contribution in [2.75, 3.05) is 16.4 Å². The summed E-state index contributed by atoms with van der Waals surface area (Å²) in [6, 6.07) is -1.16. The van der Waals surface area contributed by atoms with Gasteiger partial charge < -0.3 is 16.4 Å². The molecule has 2 amide bonds. The number of rotatable bonds is 5. The van der Waals surface area contributed by atoms with Crippen LogP contribution in [0, 0.1) is 0 Å². The van der Waals surface area contributed by atoms with Crippen molar-refractivity contribution in [1.82, 2.24) is 9.97 Å². The molecule has 1 atom stereocenters. The number of primary sulfonamides is 1. The SMILES string of the molecule is C[C@H](CS(N)(=O)=O)Nc1ncc(NC(N)=O)cn1. The van der Waals surface area contributed by atoms with Gasteiger partial charge in [-0.25, -0.2) is 28.3 Å². The molecule has 1 aromatic heterocycles. The smallest absolute Gasteiger partial charge is 0.316 e. The molecule has 0 spiro atoms. The molecule has 1 heterocycles. The van der Waals surface area contributed by atoms with Crippen LogP contribution in [0.5, 0.6) is 0 Å². The third-order valence-corrected chi connectivity index (χ3v) is 2.74. The quantitative estimate of drug-likeness (QED) is 0.543. The largest absolute Gasteiger partial charge is 0.351 e. The highest BCUT2D eigenvalue weighted by Gasteiger charge is 2.11. The van der Waals surface area contributed by atoms with Crippen LogP contribution in [0.1, 0.15) is 6.92 Å². The van der Waals surface area contributed by atoms with Gasteiger partial charge in [-0.2, -0.15) is 0 Å². The maximum absolute atomic E-state index is 10.8. The van der Waals surface area contributed by atoms with Crippen LogP contribution in [0.3, 0.4) is 0 Å². The highest BCUT2D eigenvalue weighted by Crippen LogP contribution is 2.06. The molecule has 0 aliphatic heterocycles. The van der Waals surface area contributed by atoms with Crippen molar-refractivity contribution in [3.8, 4) is 0 Å². The number of nitrogens with two attached hydrogens (primary N) is 2. The monoisotopic (exact) mass is 274 g/mol. The normalized spacial score (nSPS) is 12.8. The minimum atomic E-state index is -3.56. The Morgan fingerprint density at radius 3 is 2.44 bits per heavy atom. The first kappa shape index (κ1) is 14.1. The maximum atomic E-state index is 10.8. The molecule has 0 bridgehead atoms. The van der Waals surface area contributed by atoms with Crippen molar-refractivity contribution < 1.29 is 13.2 Å². The molecule has 1 aromatic rings. The maximum Gasteiger partial charge on any atom is 0.316 e. The lowest BCUT2D eigenvalue weighted by Crippen LogP contribution is -2.30. The Morgan fingerprint density at radius 1 is 1.44 bits per heavy atom. The lowest BCUT2D eigenvalue weighted by atomic mass is 10.4. The van der Waals surface area contributed by atoms with Crippen LogP contribution in [-0.2, 0) is 10.0 Å².